The molecule has 2 atom stereocenters. The van der Waals surface area contributed by atoms with Crippen LogP contribution in [0.4, 0.5) is 35.1 Å². The highest BCUT2D eigenvalue weighted by atomic mass is 127. The summed E-state index contributed by atoms with van der Waals surface area (Å²) < 4.78 is 106. The molecule has 0 heterocycles. The first kappa shape index (κ1) is 22.9. The van der Waals surface area contributed by atoms with Crippen LogP contribution in [0.15, 0.2) is 0 Å². The average molecular weight is 566 g/mol. The summed E-state index contributed by atoms with van der Waals surface area (Å²) in [6.45, 7) is 2.81. The SMILES string of the molecule is CCC(I)CC(F)(F)C(F)(F)C(F)(F)C(F)(F)CC(I)CC. The van der Waals surface area contributed by atoms with E-state index in [4.69, 9.17) is 0 Å². The first-order valence-corrected chi connectivity index (χ1v) is 8.94. The molecule has 0 nitrogen and oxygen atoms in total. The Kier molecular flexibility index (Phi) is 8.18. The lowest BCUT2D eigenvalue weighted by molar-refractivity contribution is -0.367. The molecule has 0 bridgehead atoms. The van der Waals surface area contributed by atoms with Gasteiger partial charge in [-0.3, -0.25) is 0 Å². The Morgan fingerprint density at radius 2 is 0.864 bits per heavy atom. The normalized spacial score (nSPS) is 17.5. The third-order valence-corrected chi connectivity index (χ3v) is 5.80. The van der Waals surface area contributed by atoms with Gasteiger partial charge in [0.1, 0.15) is 0 Å². The second kappa shape index (κ2) is 7.85. The average Bonchev–Trinajstić information content (AvgIpc) is 2.36. The summed E-state index contributed by atoms with van der Waals surface area (Å²) in [5.74, 6) is -22.7. The molecular formula is C12H16F8I2. The van der Waals surface area contributed by atoms with Crippen molar-refractivity contribution in [3.05, 3.63) is 0 Å². The number of hydrogen-bond acceptors (Lipinski definition) is 0. The predicted octanol–water partition coefficient (Wildman–Crippen LogP) is 6.74. The topological polar surface area (TPSA) is 0 Å². The lowest BCUT2D eigenvalue weighted by Crippen LogP contribution is -2.62. The zero-order valence-electron chi connectivity index (χ0n) is 11.8. The Balaban J connectivity index is 5.54. The van der Waals surface area contributed by atoms with Crippen LogP contribution in [-0.2, 0) is 0 Å². The molecule has 0 aliphatic heterocycles. The molecule has 0 saturated heterocycles. The molecular weight excluding hydrogens is 550 g/mol. The smallest absolute Gasteiger partial charge is 0.200 e. The zero-order valence-corrected chi connectivity index (χ0v) is 16.1. The summed E-state index contributed by atoms with van der Waals surface area (Å²) >= 11 is 2.80. The summed E-state index contributed by atoms with van der Waals surface area (Å²) in [5.41, 5.74) is 0. The van der Waals surface area contributed by atoms with Crippen molar-refractivity contribution in [2.75, 3.05) is 0 Å². The predicted molar refractivity (Wildman–Crippen MR) is 85.2 cm³/mol. The Labute approximate surface area is 151 Å². The van der Waals surface area contributed by atoms with E-state index in [9.17, 15) is 35.1 Å². The largest absolute Gasteiger partial charge is 0.378 e. The molecule has 134 valence electrons. The van der Waals surface area contributed by atoms with Crippen LogP contribution < -0.4 is 0 Å². The first-order chi connectivity index (χ1) is 9.66. The second-order valence-electron chi connectivity index (χ2n) is 4.98. The van der Waals surface area contributed by atoms with Crippen LogP contribution in [0.25, 0.3) is 0 Å². The van der Waals surface area contributed by atoms with Crippen LogP contribution in [-0.4, -0.2) is 31.5 Å². The minimum atomic E-state index is -6.13. The molecule has 0 fully saturated rings. The maximum Gasteiger partial charge on any atom is 0.378 e. The van der Waals surface area contributed by atoms with Crippen molar-refractivity contribution in [1.29, 1.82) is 0 Å². The van der Waals surface area contributed by atoms with Gasteiger partial charge < -0.3 is 0 Å². The van der Waals surface area contributed by atoms with Gasteiger partial charge in [-0.05, 0) is 12.8 Å². The van der Waals surface area contributed by atoms with E-state index in [0.717, 1.165) is 0 Å². The van der Waals surface area contributed by atoms with Gasteiger partial charge in [0.2, 0.25) is 0 Å². The molecule has 0 spiro atoms. The Hall–Kier alpha value is 0.900. The standard InChI is InChI=1S/C12H16F8I2/c1-3-7(21)5-9(13,14)11(17,18)12(19,20)10(15,16)6-8(22)4-2/h7-8H,3-6H2,1-2H3. The molecule has 10 heteroatoms. The molecule has 0 saturated carbocycles. The summed E-state index contributed by atoms with van der Waals surface area (Å²) in [7, 11) is 0. The Morgan fingerprint density at radius 1 is 0.636 bits per heavy atom. The van der Waals surface area contributed by atoms with E-state index in [1.807, 2.05) is 0 Å². The van der Waals surface area contributed by atoms with E-state index in [-0.39, 0.29) is 12.8 Å². The lowest BCUT2D eigenvalue weighted by atomic mass is 9.92. The zero-order chi connectivity index (χ0) is 18.0. The second-order valence-corrected chi connectivity index (χ2v) is 8.50. The van der Waals surface area contributed by atoms with Crippen molar-refractivity contribution in [3.63, 3.8) is 0 Å². The highest BCUT2D eigenvalue weighted by molar-refractivity contribution is 14.1. The van der Waals surface area contributed by atoms with Crippen LogP contribution in [0, 0.1) is 0 Å². The molecule has 0 amide bonds. The summed E-state index contributed by atoms with van der Waals surface area (Å²) in [6.07, 6.45) is -3.13. The molecule has 0 aromatic heterocycles. The third kappa shape index (κ3) is 4.71. The van der Waals surface area contributed by atoms with Gasteiger partial charge in [0.25, 0.3) is 0 Å². The van der Waals surface area contributed by atoms with Crippen molar-refractivity contribution in [1.82, 2.24) is 0 Å². The van der Waals surface area contributed by atoms with Gasteiger partial charge in [0, 0.05) is 20.7 Å². The van der Waals surface area contributed by atoms with E-state index in [2.05, 4.69) is 0 Å². The van der Waals surface area contributed by atoms with Crippen molar-refractivity contribution >= 4 is 45.2 Å². The minimum Gasteiger partial charge on any atom is -0.200 e. The van der Waals surface area contributed by atoms with Crippen LogP contribution >= 0.6 is 45.2 Å². The quantitative estimate of drug-likeness (QED) is 0.165. The first-order valence-electron chi connectivity index (χ1n) is 6.45. The molecule has 2 unspecified atom stereocenters. The van der Waals surface area contributed by atoms with Crippen LogP contribution in [0.3, 0.4) is 0 Å². The molecule has 0 N–H and O–H groups in total. The summed E-state index contributed by atoms with van der Waals surface area (Å²) in [6, 6.07) is 0. The highest BCUT2D eigenvalue weighted by Gasteiger charge is 2.80. The van der Waals surface area contributed by atoms with Gasteiger partial charge in [-0.1, -0.05) is 59.0 Å². The monoisotopic (exact) mass is 566 g/mol. The van der Waals surface area contributed by atoms with Crippen LogP contribution in [0.5, 0.6) is 0 Å². The molecule has 0 aliphatic carbocycles. The van der Waals surface area contributed by atoms with Crippen LogP contribution in [0.1, 0.15) is 39.5 Å². The van der Waals surface area contributed by atoms with Gasteiger partial charge in [0.15, 0.2) is 0 Å². The molecule has 0 aromatic rings. The Morgan fingerprint density at radius 3 is 1.05 bits per heavy atom. The molecule has 0 aliphatic rings. The number of alkyl halides is 10. The van der Waals surface area contributed by atoms with E-state index >= 15 is 0 Å². The highest BCUT2D eigenvalue weighted by Crippen LogP contribution is 2.55. The fourth-order valence-electron chi connectivity index (χ4n) is 1.56. The molecule has 0 aromatic carbocycles. The lowest BCUT2D eigenvalue weighted by Gasteiger charge is -2.38. The van der Waals surface area contributed by atoms with E-state index < -0.39 is 44.4 Å². The van der Waals surface area contributed by atoms with E-state index in [0.29, 0.717) is 0 Å². The molecule has 0 rings (SSSR count). The maximum absolute atomic E-state index is 13.5. The van der Waals surface area contributed by atoms with Gasteiger partial charge in [-0.15, -0.1) is 0 Å². The van der Waals surface area contributed by atoms with Gasteiger partial charge in [0.05, 0.1) is 0 Å². The maximum atomic E-state index is 13.5. The number of hydrogen-bond donors (Lipinski definition) is 0. The van der Waals surface area contributed by atoms with Gasteiger partial charge in [-0.25, -0.2) is 0 Å². The fourth-order valence-corrected chi connectivity index (χ4v) is 2.67. The minimum absolute atomic E-state index is 0.0276. The Bertz CT molecular complexity index is 325. The van der Waals surface area contributed by atoms with Gasteiger partial charge in [-0.2, -0.15) is 35.1 Å². The summed E-state index contributed by atoms with van der Waals surface area (Å²) in [4.78, 5) is 0. The molecule has 0 radical (unpaired) electrons. The van der Waals surface area contributed by atoms with Gasteiger partial charge >= 0.3 is 23.7 Å². The van der Waals surface area contributed by atoms with Crippen molar-refractivity contribution in [2.24, 2.45) is 0 Å². The van der Waals surface area contributed by atoms with Crippen molar-refractivity contribution in [2.45, 2.75) is 71.1 Å². The van der Waals surface area contributed by atoms with Crippen LogP contribution in [0.2, 0.25) is 0 Å². The van der Waals surface area contributed by atoms with E-state index in [1.165, 1.54) is 59.0 Å². The molecule has 22 heavy (non-hydrogen) atoms. The fraction of sp³-hybridized carbons (Fsp3) is 1.00. The summed E-state index contributed by atoms with van der Waals surface area (Å²) in [5, 5.41) is 0. The van der Waals surface area contributed by atoms with E-state index in [1.54, 1.807) is 0 Å². The number of halogens is 10. The third-order valence-electron chi connectivity index (χ3n) is 3.15. The van der Waals surface area contributed by atoms with Crippen molar-refractivity contribution in [3.8, 4) is 0 Å². The van der Waals surface area contributed by atoms with Crippen molar-refractivity contribution < 1.29 is 35.1 Å². The number of rotatable bonds is 9.